The number of carbonyl (C=O) groups is 9. The van der Waals surface area contributed by atoms with Gasteiger partial charge in [-0.05, 0) is 108 Å². The topological polar surface area (TPSA) is 261 Å². The lowest BCUT2D eigenvalue weighted by molar-refractivity contribution is -0.148. The van der Waals surface area contributed by atoms with Gasteiger partial charge in [-0.25, -0.2) is 17.6 Å². The molecule has 0 aromatic heterocycles. The van der Waals surface area contributed by atoms with Crippen LogP contribution in [0.4, 0.5) is 17.6 Å². The fraction of sp³-hybridized carbons (Fsp3) is 0.370. The van der Waals surface area contributed by atoms with Crippen LogP contribution in [0.3, 0.4) is 0 Å². The summed E-state index contributed by atoms with van der Waals surface area (Å²) in [4.78, 5) is 106. The Morgan fingerprint density at radius 2 is 0.712 bits per heavy atom. The fourth-order valence-corrected chi connectivity index (χ4v) is 10.2. The van der Waals surface area contributed by atoms with E-state index >= 15 is 0 Å². The van der Waals surface area contributed by atoms with E-state index in [1.807, 2.05) is 166 Å². The van der Waals surface area contributed by atoms with Crippen LogP contribution in [0, 0.1) is 26.7 Å². The van der Waals surface area contributed by atoms with E-state index in [1.54, 1.807) is 11.8 Å². The molecule has 0 heterocycles. The van der Waals surface area contributed by atoms with Gasteiger partial charge < -0.3 is 31.7 Å². The highest BCUT2D eigenvalue weighted by molar-refractivity contribution is 7.98. The van der Waals surface area contributed by atoms with Gasteiger partial charge in [0.15, 0.2) is 23.1 Å². The Bertz CT molecular complexity index is 3580. The van der Waals surface area contributed by atoms with Crippen LogP contribution < -0.4 is 37.6 Å². The van der Waals surface area contributed by atoms with Gasteiger partial charge in [0, 0.05) is 17.5 Å². The SMILES string of the molecule is CC.C[C@H](NC(=O)C(CC(=O)OCc1ccccc1)Cc1ccccc1)C(=O)CF.C[C@H](NC(=O)C(Cc1ccccc1)NCS)C(=O)CF.C[C@H](NC(=O)C(N)Cc1ccccc1)C(=O)CF.Cc1ccc(C)cc1.Cc1ccc(CSCNC(Cc2ccccc2)C(=O)N[C@@H](C)C(=O)CF)cc1. The number of carbonyl (C=O) groups excluding carboxylic acids is 9. The van der Waals surface area contributed by atoms with Gasteiger partial charge in [-0.3, -0.25) is 53.8 Å². The van der Waals surface area contributed by atoms with Gasteiger partial charge in [-0.15, -0.1) is 11.8 Å². The van der Waals surface area contributed by atoms with Crippen LogP contribution in [0.2, 0.25) is 0 Å². The minimum Gasteiger partial charge on any atom is -0.461 e. The number of benzene rings is 7. The van der Waals surface area contributed by atoms with Crippen LogP contribution in [-0.4, -0.2) is 133 Å². The summed E-state index contributed by atoms with van der Waals surface area (Å²) in [6.45, 7) is 11.8. The highest BCUT2D eigenvalue weighted by atomic mass is 32.2. The van der Waals surface area contributed by atoms with E-state index in [4.69, 9.17) is 10.5 Å². The first-order valence-electron chi connectivity index (χ1n) is 34.3. The van der Waals surface area contributed by atoms with E-state index in [9.17, 15) is 60.7 Å². The summed E-state index contributed by atoms with van der Waals surface area (Å²) in [5.41, 5.74) is 15.5. The first-order valence-corrected chi connectivity index (χ1v) is 36.1. The van der Waals surface area contributed by atoms with Gasteiger partial charge in [-0.1, -0.05) is 231 Å². The molecular formula is C81H103F4N7O10S2. The predicted molar refractivity (Wildman–Crippen MR) is 410 cm³/mol. The maximum atomic E-state index is 12.6. The average molecular weight is 1470 g/mol. The summed E-state index contributed by atoms with van der Waals surface area (Å²) in [5.74, 6) is -3.67. The minimum absolute atomic E-state index is 0.121. The Hall–Kier alpha value is -9.13. The number of esters is 1. The van der Waals surface area contributed by atoms with Crippen molar-refractivity contribution in [2.45, 2.75) is 149 Å². The maximum absolute atomic E-state index is 12.6. The number of halogens is 4. The molecule has 23 heteroatoms. The van der Waals surface area contributed by atoms with Crippen LogP contribution >= 0.6 is 24.4 Å². The van der Waals surface area contributed by atoms with Crippen LogP contribution in [-0.2, 0) is 85.9 Å². The lowest BCUT2D eigenvalue weighted by Gasteiger charge is -2.20. The molecule has 0 saturated carbocycles. The quantitative estimate of drug-likeness (QED) is 0.00604. The molecule has 104 heavy (non-hydrogen) atoms. The second-order valence-corrected chi connectivity index (χ2v) is 25.3. The highest BCUT2D eigenvalue weighted by Crippen LogP contribution is 2.17. The van der Waals surface area contributed by atoms with Crippen molar-refractivity contribution in [3.05, 3.63) is 250 Å². The van der Waals surface area contributed by atoms with Crippen molar-refractivity contribution in [2.75, 3.05) is 38.5 Å². The van der Waals surface area contributed by atoms with Crippen LogP contribution in [0.1, 0.15) is 98.0 Å². The molecule has 4 amide bonds. The van der Waals surface area contributed by atoms with Crippen molar-refractivity contribution in [3.8, 4) is 0 Å². The molecule has 8 N–H and O–H groups in total. The van der Waals surface area contributed by atoms with Crippen molar-refractivity contribution >= 4 is 77.1 Å². The number of ketones is 4. The first-order chi connectivity index (χ1) is 49.9. The molecule has 562 valence electrons. The van der Waals surface area contributed by atoms with Gasteiger partial charge in [0.05, 0.1) is 54.6 Å². The van der Waals surface area contributed by atoms with Gasteiger partial charge >= 0.3 is 5.97 Å². The third kappa shape index (κ3) is 38.9. The number of Topliss-reactive ketones (excluding diaryl/α,β-unsaturated/α-hetero) is 4. The van der Waals surface area contributed by atoms with E-state index in [0.717, 1.165) is 33.6 Å². The van der Waals surface area contributed by atoms with E-state index in [1.165, 1.54) is 49.9 Å². The van der Waals surface area contributed by atoms with Crippen LogP contribution in [0.25, 0.3) is 0 Å². The zero-order valence-corrected chi connectivity index (χ0v) is 62.6. The molecule has 7 aromatic carbocycles. The summed E-state index contributed by atoms with van der Waals surface area (Å²) in [5, 5.41) is 16.2. The molecule has 0 aliphatic heterocycles. The Balaban J connectivity index is 0.000000456. The predicted octanol–water partition coefficient (Wildman–Crippen LogP) is 11.5. The number of nitrogens with one attached hydrogen (secondary N) is 6. The van der Waals surface area contributed by atoms with Crippen LogP contribution in [0.15, 0.2) is 200 Å². The monoisotopic (exact) mass is 1470 g/mol. The Morgan fingerprint density at radius 1 is 0.404 bits per heavy atom. The normalized spacial score (nSPS) is 12.6. The molecular weight excluding hydrogens is 1370 g/mol. The number of aryl methyl sites for hydroxylation is 3. The van der Waals surface area contributed by atoms with Gasteiger partial charge in [0.25, 0.3) is 0 Å². The number of rotatable bonds is 35. The second kappa shape index (κ2) is 53.6. The molecule has 0 aliphatic rings. The number of amides is 4. The molecule has 0 aliphatic carbocycles. The summed E-state index contributed by atoms with van der Waals surface area (Å²) >= 11 is 5.73. The molecule has 0 saturated heterocycles. The molecule has 7 aromatic rings. The largest absolute Gasteiger partial charge is 0.461 e. The number of ether oxygens (including phenoxy) is 1. The van der Waals surface area contributed by atoms with Gasteiger partial charge in [0.2, 0.25) is 23.6 Å². The molecule has 17 nitrogen and oxygen atoms in total. The lowest BCUT2D eigenvalue weighted by atomic mass is 9.95. The second-order valence-electron chi connectivity index (χ2n) is 24.0. The number of thioether (sulfide) groups is 1. The average Bonchev–Trinajstić information content (AvgIpc) is 0.891. The Morgan fingerprint density at radius 3 is 1.07 bits per heavy atom. The molecule has 0 spiro atoms. The third-order valence-corrected chi connectivity index (χ3v) is 16.5. The zero-order chi connectivity index (χ0) is 77.2. The van der Waals surface area contributed by atoms with Crippen LogP contribution in [0.5, 0.6) is 0 Å². The van der Waals surface area contributed by atoms with Crippen molar-refractivity contribution in [1.82, 2.24) is 31.9 Å². The fourth-order valence-electron chi connectivity index (χ4n) is 9.15. The number of hydrogen-bond donors (Lipinski definition) is 8. The van der Waals surface area contributed by atoms with E-state index < -0.39 is 116 Å². The number of alkyl halides is 4. The molecule has 4 unspecified atom stereocenters. The van der Waals surface area contributed by atoms with Crippen molar-refractivity contribution < 1.29 is 65.4 Å². The highest BCUT2D eigenvalue weighted by Gasteiger charge is 2.28. The summed E-state index contributed by atoms with van der Waals surface area (Å²) in [6.07, 6.45) is 1.52. The minimum atomic E-state index is -1.15. The lowest BCUT2D eigenvalue weighted by Crippen LogP contribution is -2.50. The molecule has 0 fully saturated rings. The molecule has 7 rings (SSSR count). The maximum Gasteiger partial charge on any atom is 0.306 e. The molecule has 0 radical (unpaired) electrons. The Labute approximate surface area is 620 Å². The summed E-state index contributed by atoms with van der Waals surface area (Å²) < 4.78 is 54.7. The molecule has 0 bridgehead atoms. The standard InChI is InChI=1S/C22H27FN2O2S.C22H24FNO4.C14H19FN2O2S.C13H17FN2O2.C8H10.C2H6/c1-16-8-10-19(11-9-16)14-28-15-24-20(12-18-6-4-3-5-7-18)22(27)25-17(2)21(26)13-23;1-16(20(25)14-23)24-22(27)19(12-17-8-4-2-5-9-17)13-21(26)28-15-18-10-6-3-7-11-18;1-10(13(18)8-15)17-14(19)12(16-9-20)7-11-5-3-2-4-6-11;1-9(12(17)8-14)16-13(18)11(15)7-10-5-3-2-4-6-10;1-7-3-5-8(2)6-4-7;1-2/h3-11,17,20,24H,12-15H2,1-2H3,(H,25,27);2-11,16,19H,12-15H2,1H3,(H,24,27);2-6,10,12,16,20H,7-9H2,1H3,(H,17,19);2-6,9,11H,7-8,15H2,1H3,(H,16,18);3-6H,1-2H3;1-2H3/t17-,20?;16-,19?;10-,12?;9-,11?;;/m0000../s1. The van der Waals surface area contributed by atoms with Gasteiger partial charge in [-0.2, -0.15) is 12.6 Å². The smallest absolute Gasteiger partial charge is 0.306 e. The van der Waals surface area contributed by atoms with E-state index in [2.05, 4.69) is 114 Å². The van der Waals surface area contributed by atoms with Crippen molar-refractivity contribution in [1.29, 1.82) is 0 Å². The third-order valence-electron chi connectivity index (χ3n) is 15.5. The number of nitrogens with two attached hydrogens (primary N) is 1. The van der Waals surface area contributed by atoms with E-state index in [0.29, 0.717) is 37.4 Å². The zero-order valence-electron chi connectivity index (χ0n) is 60.9. The van der Waals surface area contributed by atoms with Gasteiger partial charge in [0.1, 0.15) is 33.3 Å². The Kier molecular flexibility index (Phi) is 46.9. The van der Waals surface area contributed by atoms with E-state index in [-0.39, 0.29) is 24.8 Å². The summed E-state index contributed by atoms with van der Waals surface area (Å²) in [7, 11) is 0. The first kappa shape index (κ1) is 91.0. The van der Waals surface area contributed by atoms with Crippen molar-refractivity contribution in [3.63, 3.8) is 0 Å². The van der Waals surface area contributed by atoms with Crippen molar-refractivity contribution in [2.24, 2.45) is 11.7 Å². The molecule has 8 atom stereocenters. The number of thiol groups is 1. The number of hydrogen-bond acceptors (Lipinski definition) is 15. The summed E-state index contributed by atoms with van der Waals surface area (Å²) in [6, 6.07) is 58.6.